The molecule has 1 heterocycles. The van der Waals surface area contributed by atoms with E-state index in [1.165, 1.54) is 25.5 Å². The molecule has 0 saturated heterocycles. The molecular formula is C17H17NO3. The Morgan fingerprint density at radius 3 is 2.57 bits per heavy atom. The Bertz CT molecular complexity index is 696. The van der Waals surface area contributed by atoms with E-state index in [4.69, 9.17) is 9.26 Å². The van der Waals surface area contributed by atoms with Gasteiger partial charge in [0.05, 0.1) is 7.11 Å². The van der Waals surface area contributed by atoms with Crippen molar-refractivity contribution in [3.8, 4) is 11.3 Å². The van der Waals surface area contributed by atoms with E-state index >= 15 is 0 Å². The van der Waals surface area contributed by atoms with E-state index in [9.17, 15) is 4.79 Å². The summed E-state index contributed by atoms with van der Waals surface area (Å²) in [6.45, 7) is 0. The molecule has 21 heavy (non-hydrogen) atoms. The summed E-state index contributed by atoms with van der Waals surface area (Å²) in [6.07, 6.45) is 4.53. The molecule has 0 radical (unpaired) electrons. The number of methoxy groups -OCH3 is 1. The highest BCUT2D eigenvalue weighted by molar-refractivity contribution is 5.97. The summed E-state index contributed by atoms with van der Waals surface area (Å²) in [7, 11) is 1.41. The van der Waals surface area contributed by atoms with Crippen LogP contribution in [0.15, 0.2) is 28.8 Å². The van der Waals surface area contributed by atoms with Crippen molar-refractivity contribution in [1.82, 2.24) is 5.16 Å². The van der Waals surface area contributed by atoms with Gasteiger partial charge < -0.3 is 9.26 Å². The lowest BCUT2D eigenvalue weighted by atomic mass is 9.97. The van der Waals surface area contributed by atoms with Gasteiger partial charge in [-0.1, -0.05) is 29.4 Å². The fraction of sp³-hybridized carbons (Fsp3) is 0.412. The first-order valence-electron chi connectivity index (χ1n) is 7.46. The Balaban J connectivity index is 1.86. The molecule has 108 valence electrons. The minimum atomic E-state index is -0.348. The van der Waals surface area contributed by atoms with Crippen LogP contribution >= 0.6 is 0 Å². The zero-order chi connectivity index (χ0) is 14.4. The number of esters is 1. The van der Waals surface area contributed by atoms with Gasteiger partial charge in [-0.3, -0.25) is 0 Å². The normalized spacial score (nSPS) is 17.8. The first-order valence-corrected chi connectivity index (χ1v) is 7.46. The van der Waals surface area contributed by atoms with E-state index in [-0.39, 0.29) is 5.97 Å². The lowest BCUT2D eigenvalue weighted by molar-refractivity contribution is 0.0599. The molecule has 0 atom stereocenters. The highest BCUT2D eigenvalue weighted by atomic mass is 16.5. The molecule has 2 fully saturated rings. The summed E-state index contributed by atoms with van der Waals surface area (Å²) in [5.41, 5.74) is 3.44. The van der Waals surface area contributed by atoms with Gasteiger partial charge >= 0.3 is 5.97 Å². The van der Waals surface area contributed by atoms with Crippen LogP contribution in [-0.4, -0.2) is 18.2 Å². The average Bonchev–Trinajstić information content (AvgIpc) is 3.43. The first-order chi connectivity index (χ1) is 10.3. The van der Waals surface area contributed by atoms with Crippen molar-refractivity contribution >= 4 is 5.97 Å². The van der Waals surface area contributed by atoms with E-state index in [0.717, 1.165) is 18.4 Å². The van der Waals surface area contributed by atoms with Crippen LogP contribution in [0.5, 0.6) is 0 Å². The molecule has 0 spiro atoms. The number of carbonyl (C=O) groups excluding carboxylic acids is 1. The van der Waals surface area contributed by atoms with Crippen LogP contribution in [0.2, 0.25) is 0 Å². The fourth-order valence-electron chi connectivity index (χ4n) is 2.87. The van der Waals surface area contributed by atoms with Gasteiger partial charge in [0, 0.05) is 11.5 Å². The van der Waals surface area contributed by atoms with E-state index < -0.39 is 0 Å². The first kappa shape index (κ1) is 12.6. The zero-order valence-electron chi connectivity index (χ0n) is 12.0. The highest BCUT2D eigenvalue weighted by Gasteiger charge is 2.37. The molecule has 0 aliphatic heterocycles. The Morgan fingerprint density at radius 1 is 1.19 bits per heavy atom. The summed E-state index contributed by atoms with van der Waals surface area (Å²) >= 11 is 0. The lowest BCUT2D eigenvalue weighted by Gasteiger charge is -2.07. The average molecular weight is 283 g/mol. The molecule has 0 amide bonds. The quantitative estimate of drug-likeness (QED) is 0.799. The summed E-state index contributed by atoms with van der Waals surface area (Å²) in [5, 5.41) is 4.21. The van der Waals surface area contributed by atoms with Crippen LogP contribution in [0.4, 0.5) is 0 Å². The summed E-state index contributed by atoms with van der Waals surface area (Å²) in [4.78, 5) is 12.2. The van der Waals surface area contributed by atoms with E-state index in [1.54, 1.807) is 0 Å². The summed E-state index contributed by atoms with van der Waals surface area (Å²) < 4.78 is 10.5. The maximum absolute atomic E-state index is 12.2. The number of carbonyl (C=O) groups is 1. The number of hydrogen-bond donors (Lipinski definition) is 0. The minimum Gasteiger partial charge on any atom is -0.465 e. The molecule has 2 aliphatic carbocycles. The van der Waals surface area contributed by atoms with Crippen molar-refractivity contribution in [2.24, 2.45) is 0 Å². The van der Waals surface area contributed by atoms with Crippen LogP contribution < -0.4 is 0 Å². The number of hydrogen-bond acceptors (Lipinski definition) is 4. The lowest BCUT2D eigenvalue weighted by Crippen LogP contribution is -2.05. The second kappa shape index (κ2) is 4.72. The van der Waals surface area contributed by atoms with Gasteiger partial charge in [-0.05, 0) is 37.2 Å². The monoisotopic (exact) mass is 283 g/mol. The molecule has 0 N–H and O–H groups in total. The predicted octanol–water partition coefficient (Wildman–Crippen LogP) is 3.88. The molecule has 2 aromatic rings. The number of rotatable bonds is 4. The van der Waals surface area contributed by atoms with Crippen LogP contribution in [0.1, 0.15) is 59.2 Å². The van der Waals surface area contributed by atoms with E-state index in [1.807, 2.05) is 18.2 Å². The molecule has 4 nitrogen and oxygen atoms in total. The molecule has 0 bridgehead atoms. The minimum absolute atomic E-state index is 0.327. The van der Waals surface area contributed by atoms with Gasteiger partial charge in [0.15, 0.2) is 5.76 Å². The highest BCUT2D eigenvalue weighted by Crippen LogP contribution is 2.47. The van der Waals surface area contributed by atoms with Crippen LogP contribution in [0.3, 0.4) is 0 Å². The molecule has 0 unspecified atom stereocenters. The van der Waals surface area contributed by atoms with Gasteiger partial charge in [0.2, 0.25) is 0 Å². The Hall–Kier alpha value is -2.10. The van der Waals surface area contributed by atoms with Gasteiger partial charge in [0.1, 0.15) is 11.3 Å². The Kier molecular flexibility index (Phi) is 2.84. The molecule has 4 heteroatoms. The molecule has 2 aliphatic rings. The maximum Gasteiger partial charge on any atom is 0.343 e. The summed E-state index contributed by atoms with van der Waals surface area (Å²) in [6, 6.07) is 8.17. The standard InChI is InChI=1S/C17H17NO3/c1-20-17(19)14-15(18-21-16(14)11-8-9-11)13-5-3-2-4-12(13)10-6-7-10/h2-5,10-11H,6-9H2,1H3. The topological polar surface area (TPSA) is 52.3 Å². The van der Waals surface area contributed by atoms with Crippen molar-refractivity contribution in [3.05, 3.63) is 41.2 Å². The van der Waals surface area contributed by atoms with Crippen LogP contribution in [-0.2, 0) is 4.74 Å². The number of aromatic nitrogens is 1. The van der Waals surface area contributed by atoms with Gasteiger partial charge in [-0.2, -0.15) is 0 Å². The molecule has 1 aromatic heterocycles. The van der Waals surface area contributed by atoms with Crippen molar-refractivity contribution in [2.75, 3.05) is 7.11 Å². The number of nitrogens with zero attached hydrogens (tertiary/aromatic N) is 1. The van der Waals surface area contributed by atoms with Gasteiger partial charge in [0.25, 0.3) is 0 Å². The Labute approximate surface area is 123 Å². The van der Waals surface area contributed by atoms with Crippen LogP contribution in [0.25, 0.3) is 11.3 Å². The molecule has 2 saturated carbocycles. The number of ether oxygens (including phenoxy) is 1. The molecule has 1 aromatic carbocycles. The van der Waals surface area contributed by atoms with Gasteiger partial charge in [-0.15, -0.1) is 0 Å². The SMILES string of the molecule is COC(=O)c1c(-c2ccccc2C2CC2)noc1C1CC1. The van der Waals surface area contributed by atoms with E-state index in [2.05, 4.69) is 11.2 Å². The van der Waals surface area contributed by atoms with Crippen molar-refractivity contribution in [2.45, 2.75) is 37.5 Å². The largest absolute Gasteiger partial charge is 0.465 e. The van der Waals surface area contributed by atoms with Crippen molar-refractivity contribution < 1.29 is 14.1 Å². The molecular weight excluding hydrogens is 266 g/mol. The second-order valence-corrected chi connectivity index (χ2v) is 5.90. The second-order valence-electron chi connectivity index (χ2n) is 5.90. The van der Waals surface area contributed by atoms with Crippen LogP contribution in [0, 0.1) is 0 Å². The predicted molar refractivity (Wildman–Crippen MR) is 77.2 cm³/mol. The zero-order valence-corrected chi connectivity index (χ0v) is 12.0. The third-order valence-electron chi connectivity index (χ3n) is 4.29. The molecule has 4 rings (SSSR count). The smallest absolute Gasteiger partial charge is 0.343 e. The van der Waals surface area contributed by atoms with E-state index in [0.29, 0.717) is 28.9 Å². The maximum atomic E-state index is 12.2. The fourth-order valence-corrected chi connectivity index (χ4v) is 2.87. The third-order valence-corrected chi connectivity index (χ3v) is 4.29. The van der Waals surface area contributed by atoms with Crippen molar-refractivity contribution in [3.63, 3.8) is 0 Å². The summed E-state index contributed by atoms with van der Waals surface area (Å²) in [5.74, 6) is 1.27. The van der Waals surface area contributed by atoms with Gasteiger partial charge in [-0.25, -0.2) is 4.79 Å². The van der Waals surface area contributed by atoms with Crippen molar-refractivity contribution in [1.29, 1.82) is 0 Å². The third kappa shape index (κ3) is 2.15. The number of benzene rings is 1. The Morgan fingerprint density at radius 2 is 1.90 bits per heavy atom.